The SMILES string of the molecule is COC(=O)[C@H]1O[C@H](O[C@H]2C(OC(C)=O)O[C@@H](C)[C@H](OC(C)=O)[C@H]2OC(C)=O)[C@H](OC(C)=O)[C@@H](OC(C)=O)[C@@H]1OC(C)=O. The summed E-state index contributed by atoms with van der Waals surface area (Å²) in [7, 11) is 0.999. The van der Waals surface area contributed by atoms with Crippen molar-refractivity contribution in [1.29, 1.82) is 0 Å². The molecule has 0 aromatic carbocycles. The van der Waals surface area contributed by atoms with Gasteiger partial charge in [-0.15, -0.1) is 0 Å². The molecule has 2 heterocycles. The van der Waals surface area contributed by atoms with Crippen molar-refractivity contribution in [3.8, 4) is 0 Å². The molecule has 2 fully saturated rings. The van der Waals surface area contributed by atoms with Gasteiger partial charge in [-0.05, 0) is 6.92 Å². The Morgan fingerprint density at radius 1 is 0.476 bits per heavy atom. The van der Waals surface area contributed by atoms with Gasteiger partial charge in [-0.3, -0.25) is 28.8 Å². The average Bonchev–Trinajstić information content (AvgIpc) is 2.84. The number of hydrogen-bond acceptors (Lipinski definition) is 17. The molecule has 2 saturated heterocycles. The molecule has 0 saturated carbocycles. The van der Waals surface area contributed by atoms with E-state index in [1.807, 2.05) is 0 Å². The van der Waals surface area contributed by atoms with Crippen LogP contribution < -0.4 is 0 Å². The van der Waals surface area contributed by atoms with Gasteiger partial charge < -0.3 is 47.4 Å². The van der Waals surface area contributed by atoms with Gasteiger partial charge in [-0.2, -0.15) is 0 Å². The maximum absolute atomic E-state index is 12.7. The van der Waals surface area contributed by atoms with Gasteiger partial charge in [0.25, 0.3) is 0 Å². The van der Waals surface area contributed by atoms with Crippen molar-refractivity contribution in [1.82, 2.24) is 0 Å². The number of carbonyl (C=O) groups excluding carboxylic acids is 7. The molecule has 0 aliphatic carbocycles. The fraction of sp³-hybridized carbons (Fsp3) is 0.720. The minimum atomic E-state index is -1.88. The lowest BCUT2D eigenvalue weighted by Crippen LogP contribution is -2.67. The van der Waals surface area contributed by atoms with Crippen molar-refractivity contribution in [2.24, 2.45) is 0 Å². The summed E-state index contributed by atoms with van der Waals surface area (Å²) in [6, 6.07) is 0. The number of esters is 7. The van der Waals surface area contributed by atoms with Gasteiger partial charge in [0.1, 0.15) is 0 Å². The van der Waals surface area contributed by atoms with Gasteiger partial charge in [0, 0.05) is 41.5 Å². The van der Waals surface area contributed by atoms with Crippen LogP contribution in [-0.2, 0) is 80.9 Å². The van der Waals surface area contributed by atoms with E-state index in [2.05, 4.69) is 0 Å². The number of ether oxygens (including phenoxy) is 10. The molecule has 17 nitrogen and oxygen atoms in total. The summed E-state index contributed by atoms with van der Waals surface area (Å²) in [4.78, 5) is 84.7. The van der Waals surface area contributed by atoms with Crippen LogP contribution in [0.1, 0.15) is 48.5 Å². The molecule has 0 bridgehead atoms. The minimum Gasteiger partial charge on any atom is -0.467 e. The lowest BCUT2D eigenvalue weighted by atomic mass is 9.96. The monoisotopic (exact) mass is 606 g/mol. The Morgan fingerprint density at radius 3 is 1.33 bits per heavy atom. The van der Waals surface area contributed by atoms with Crippen LogP contribution in [0.4, 0.5) is 0 Å². The van der Waals surface area contributed by atoms with Crippen LogP contribution >= 0.6 is 0 Å². The Morgan fingerprint density at radius 2 is 0.881 bits per heavy atom. The average molecular weight is 607 g/mol. The largest absolute Gasteiger partial charge is 0.467 e. The quantitative estimate of drug-likeness (QED) is 0.233. The zero-order chi connectivity index (χ0) is 31.9. The van der Waals surface area contributed by atoms with Crippen LogP contribution in [0.3, 0.4) is 0 Å². The Hall–Kier alpha value is -3.83. The highest BCUT2D eigenvalue weighted by Gasteiger charge is 2.58. The van der Waals surface area contributed by atoms with Gasteiger partial charge in [-0.1, -0.05) is 0 Å². The van der Waals surface area contributed by atoms with E-state index < -0.39 is 103 Å². The summed E-state index contributed by atoms with van der Waals surface area (Å²) in [5, 5.41) is 0. The second kappa shape index (κ2) is 14.9. The minimum absolute atomic E-state index is 0.783. The van der Waals surface area contributed by atoms with E-state index in [0.29, 0.717) is 0 Å². The van der Waals surface area contributed by atoms with E-state index in [-0.39, 0.29) is 0 Å². The molecule has 42 heavy (non-hydrogen) atoms. The fourth-order valence-corrected chi connectivity index (χ4v) is 4.40. The van der Waals surface area contributed by atoms with E-state index in [1.165, 1.54) is 6.92 Å². The normalized spacial score (nSPS) is 32.4. The summed E-state index contributed by atoms with van der Waals surface area (Å²) < 4.78 is 54.0. The first kappa shape index (κ1) is 34.4. The van der Waals surface area contributed by atoms with Crippen LogP contribution in [0.15, 0.2) is 0 Å². The lowest BCUT2D eigenvalue weighted by molar-refractivity contribution is -0.357. The maximum atomic E-state index is 12.7. The van der Waals surface area contributed by atoms with Gasteiger partial charge >= 0.3 is 41.8 Å². The van der Waals surface area contributed by atoms with E-state index in [4.69, 9.17) is 47.4 Å². The molecule has 0 N–H and O–H groups in total. The smallest absolute Gasteiger partial charge is 0.339 e. The Kier molecular flexibility index (Phi) is 12.2. The predicted molar refractivity (Wildman–Crippen MR) is 129 cm³/mol. The predicted octanol–water partition coefficient (Wildman–Crippen LogP) is -0.764. The second-order valence-electron chi connectivity index (χ2n) is 9.24. The lowest BCUT2D eigenvalue weighted by Gasteiger charge is -2.47. The zero-order valence-corrected chi connectivity index (χ0v) is 24.2. The van der Waals surface area contributed by atoms with Gasteiger partial charge in [0.15, 0.2) is 42.7 Å². The first-order valence-electron chi connectivity index (χ1n) is 12.6. The molecule has 2 rings (SSSR count). The molecule has 0 radical (unpaired) electrons. The van der Waals surface area contributed by atoms with E-state index in [1.54, 1.807) is 0 Å². The molecule has 2 aliphatic heterocycles. The molecule has 0 spiro atoms. The summed E-state index contributed by atoms with van der Waals surface area (Å²) in [5.41, 5.74) is 0. The van der Waals surface area contributed by atoms with Gasteiger partial charge in [0.2, 0.25) is 12.6 Å². The van der Waals surface area contributed by atoms with E-state index in [9.17, 15) is 33.6 Å². The first-order valence-corrected chi connectivity index (χ1v) is 12.6. The highest BCUT2D eigenvalue weighted by Crippen LogP contribution is 2.35. The molecule has 0 aromatic rings. The van der Waals surface area contributed by atoms with Gasteiger partial charge in [-0.25, -0.2) is 4.79 Å². The Labute approximate surface area is 240 Å². The van der Waals surface area contributed by atoms with Crippen molar-refractivity contribution in [2.75, 3.05) is 7.11 Å². The first-order chi connectivity index (χ1) is 19.5. The number of methoxy groups -OCH3 is 1. The van der Waals surface area contributed by atoms with Crippen LogP contribution in [-0.4, -0.2) is 110 Å². The van der Waals surface area contributed by atoms with Gasteiger partial charge in [0.05, 0.1) is 13.2 Å². The molecular formula is C25H34O17. The topological polar surface area (TPSA) is 212 Å². The molecule has 17 heteroatoms. The van der Waals surface area contributed by atoms with Crippen molar-refractivity contribution in [3.05, 3.63) is 0 Å². The molecule has 10 atom stereocenters. The van der Waals surface area contributed by atoms with Crippen molar-refractivity contribution < 1.29 is 80.9 Å². The van der Waals surface area contributed by atoms with E-state index in [0.717, 1.165) is 48.7 Å². The van der Waals surface area contributed by atoms with Crippen molar-refractivity contribution in [2.45, 2.75) is 110 Å². The van der Waals surface area contributed by atoms with E-state index >= 15 is 0 Å². The highest BCUT2D eigenvalue weighted by atomic mass is 16.8. The van der Waals surface area contributed by atoms with Crippen LogP contribution in [0, 0.1) is 0 Å². The summed E-state index contributed by atoms with van der Waals surface area (Å²) in [6.45, 7) is 7.65. The Balaban J connectivity index is 2.68. The van der Waals surface area contributed by atoms with Crippen molar-refractivity contribution >= 4 is 41.8 Å². The number of hydrogen-bond donors (Lipinski definition) is 0. The van der Waals surface area contributed by atoms with Crippen LogP contribution in [0.2, 0.25) is 0 Å². The third-order valence-corrected chi connectivity index (χ3v) is 5.74. The highest BCUT2D eigenvalue weighted by molar-refractivity contribution is 5.77. The molecule has 236 valence electrons. The third-order valence-electron chi connectivity index (χ3n) is 5.74. The molecule has 1 unspecified atom stereocenters. The fourth-order valence-electron chi connectivity index (χ4n) is 4.40. The molecule has 0 aromatic heterocycles. The molecular weight excluding hydrogens is 572 g/mol. The molecule has 0 amide bonds. The maximum Gasteiger partial charge on any atom is 0.339 e. The van der Waals surface area contributed by atoms with Crippen LogP contribution in [0.5, 0.6) is 0 Å². The van der Waals surface area contributed by atoms with Crippen LogP contribution in [0.25, 0.3) is 0 Å². The second-order valence-corrected chi connectivity index (χ2v) is 9.24. The molecule has 2 aliphatic rings. The third kappa shape index (κ3) is 9.09. The standard InChI is InChI=1S/C25H34O17/c1-9-16(35-10(2)26)17(36-11(3)27)22(24(34-9)40-15(7)31)42-25-21(39-14(6)30)19(38-13(5)29)18(37-12(4)28)20(41-25)23(32)33-8/h9,16-22,24-25H,1-8H3/t9-,16-,17+,18-,19-,20-,21+,22+,24?,25+/m0/s1. The number of carbonyl (C=O) groups is 7. The summed E-state index contributed by atoms with van der Waals surface area (Å²) in [5.74, 6) is -6.39. The summed E-state index contributed by atoms with van der Waals surface area (Å²) in [6.07, 6.45) is -16.0. The summed E-state index contributed by atoms with van der Waals surface area (Å²) >= 11 is 0. The Bertz CT molecular complexity index is 1060. The van der Waals surface area contributed by atoms with Crippen molar-refractivity contribution in [3.63, 3.8) is 0 Å². The number of rotatable bonds is 9. The zero-order valence-electron chi connectivity index (χ0n) is 24.2.